The van der Waals surface area contributed by atoms with Crippen LogP contribution in [0, 0.1) is 0 Å². The van der Waals surface area contributed by atoms with Gasteiger partial charge in [-0.1, -0.05) is 36.4 Å². The molecule has 0 saturated carbocycles. The Hall–Kier alpha value is -3.69. The summed E-state index contributed by atoms with van der Waals surface area (Å²) in [5, 5.41) is 16.9. The van der Waals surface area contributed by atoms with E-state index in [1.165, 1.54) is 0 Å². The summed E-state index contributed by atoms with van der Waals surface area (Å²) in [6.45, 7) is 0.437. The number of pyridine rings is 1. The minimum Gasteiger partial charge on any atom is -0.475 e. The molecule has 0 fully saturated rings. The Labute approximate surface area is 157 Å². The van der Waals surface area contributed by atoms with Crippen molar-refractivity contribution in [1.82, 2.24) is 20.5 Å². The lowest BCUT2D eigenvalue weighted by molar-refractivity contribution is -0.192. The molecular formula is C18H15F3N4O3. The molecule has 28 heavy (non-hydrogen) atoms. The van der Waals surface area contributed by atoms with E-state index in [0.717, 1.165) is 16.8 Å². The van der Waals surface area contributed by atoms with E-state index < -0.39 is 12.1 Å². The molecule has 3 aromatic rings. The van der Waals surface area contributed by atoms with Crippen molar-refractivity contribution in [3.8, 4) is 11.3 Å². The second-order valence-corrected chi connectivity index (χ2v) is 5.38. The topological polar surface area (TPSA) is 108 Å². The number of aromatic amines is 1. The van der Waals surface area contributed by atoms with Gasteiger partial charge in [0, 0.05) is 24.5 Å². The number of alkyl halides is 3. The molecule has 0 aliphatic heterocycles. The largest absolute Gasteiger partial charge is 0.490 e. The van der Waals surface area contributed by atoms with Gasteiger partial charge in [-0.15, -0.1) is 0 Å². The number of carbonyl (C=O) groups excluding carboxylic acids is 1. The zero-order chi connectivity index (χ0) is 20.6. The smallest absolute Gasteiger partial charge is 0.475 e. The van der Waals surface area contributed by atoms with Crippen molar-refractivity contribution < 1.29 is 27.9 Å². The molecule has 0 atom stereocenters. The molecule has 2 heterocycles. The molecule has 7 nitrogen and oxygen atoms in total. The van der Waals surface area contributed by atoms with Crippen molar-refractivity contribution >= 4 is 11.9 Å². The molecule has 10 heteroatoms. The summed E-state index contributed by atoms with van der Waals surface area (Å²) in [7, 11) is 0. The number of aromatic nitrogens is 3. The van der Waals surface area contributed by atoms with E-state index in [-0.39, 0.29) is 5.91 Å². The average molecular weight is 392 g/mol. The highest BCUT2D eigenvalue weighted by Gasteiger charge is 2.38. The first-order chi connectivity index (χ1) is 13.3. The summed E-state index contributed by atoms with van der Waals surface area (Å²) in [5.41, 5.74) is 3.12. The van der Waals surface area contributed by atoms with Crippen molar-refractivity contribution in [2.45, 2.75) is 12.7 Å². The molecule has 0 radical (unpaired) electrons. The van der Waals surface area contributed by atoms with Crippen LogP contribution in [0.2, 0.25) is 0 Å². The Kier molecular flexibility index (Phi) is 6.85. The second kappa shape index (κ2) is 9.31. The van der Waals surface area contributed by atoms with Gasteiger partial charge in [-0.25, -0.2) is 4.79 Å². The maximum absolute atomic E-state index is 12.1. The molecule has 3 N–H and O–H groups in total. The molecule has 0 aliphatic carbocycles. The van der Waals surface area contributed by atoms with Gasteiger partial charge in [-0.2, -0.15) is 18.3 Å². The van der Waals surface area contributed by atoms with Gasteiger partial charge in [0.05, 0.1) is 5.69 Å². The number of carboxylic acid groups (broad SMARTS) is 1. The van der Waals surface area contributed by atoms with E-state index in [1.807, 2.05) is 42.5 Å². The fraction of sp³-hybridized carbons (Fsp3) is 0.111. The monoisotopic (exact) mass is 392 g/mol. The van der Waals surface area contributed by atoms with Crippen LogP contribution < -0.4 is 5.32 Å². The number of carboxylic acids is 1. The number of H-pyrrole nitrogens is 1. The van der Waals surface area contributed by atoms with E-state index in [9.17, 15) is 18.0 Å². The normalized spacial score (nSPS) is 10.5. The number of aliphatic carboxylic acids is 1. The lowest BCUT2D eigenvalue weighted by Crippen LogP contribution is -2.23. The van der Waals surface area contributed by atoms with Crippen LogP contribution in [0.4, 0.5) is 13.2 Å². The van der Waals surface area contributed by atoms with Crippen LogP contribution in [0.1, 0.15) is 16.1 Å². The maximum atomic E-state index is 12.1. The van der Waals surface area contributed by atoms with E-state index in [1.54, 1.807) is 18.5 Å². The van der Waals surface area contributed by atoms with Gasteiger partial charge >= 0.3 is 12.1 Å². The molecule has 1 aromatic carbocycles. The fourth-order valence-electron chi connectivity index (χ4n) is 1.98. The van der Waals surface area contributed by atoms with Crippen LogP contribution in [0.5, 0.6) is 0 Å². The molecule has 2 aromatic heterocycles. The number of carbonyl (C=O) groups is 2. The van der Waals surface area contributed by atoms with Crippen LogP contribution in [-0.4, -0.2) is 38.3 Å². The number of halogens is 3. The first kappa shape index (κ1) is 20.6. The highest BCUT2D eigenvalue weighted by Crippen LogP contribution is 2.16. The van der Waals surface area contributed by atoms with Gasteiger partial charge < -0.3 is 10.4 Å². The zero-order valence-corrected chi connectivity index (χ0v) is 14.3. The van der Waals surface area contributed by atoms with Crippen molar-refractivity contribution in [2.75, 3.05) is 0 Å². The summed E-state index contributed by atoms with van der Waals surface area (Å²) in [6, 6.07) is 15.2. The van der Waals surface area contributed by atoms with Crippen LogP contribution >= 0.6 is 0 Å². The molecule has 3 rings (SSSR count). The number of hydrogen-bond acceptors (Lipinski definition) is 4. The Bertz CT molecular complexity index is 913. The summed E-state index contributed by atoms with van der Waals surface area (Å²) in [5.74, 6) is -2.94. The Morgan fingerprint density at radius 2 is 1.79 bits per heavy atom. The van der Waals surface area contributed by atoms with Crippen LogP contribution in [0.25, 0.3) is 11.3 Å². The first-order valence-electron chi connectivity index (χ1n) is 7.85. The number of amides is 1. The maximum Gasteiger partial charge on any atom is 0.490 e. The Morgan fingerprint density at radius 3 is 2.36 bits per heavy atom. The standard InChI is InChI=1S/C16H14N4O.C2HF3O2/c21-16(18-11-12-5-4-8-17-10-12)15-9-14(19-20-15)13-6-2-1-3-7-13;3-2(4,5)1(6)7/h1-10H,11H2,(H,18,21)(H,19,20);(H,6,7). The third kappa shape index (κ3) is 6.24. The first-order valence-corrected chi connectivity index (χ1v) is 7.85. The second-order valence-electron chi connectivity index (χ2n) is 5.38. The molecule has 0 unspecified atom stereocenters. The van der Waals surface area contributed by atoms with Gasteiger partial charge in [-0.05, 0) is 17.7 Å². The third-order valence-electron chi connectivity index (χ3n) is 3.31. The van der Waals surface area contributed by atoms with E-state index in [4.69, 9.17) is 9.90 Å². The molecular weight excluding hydrogens is 377 g/mol. The highest BCUT2D eigenvalue weighted by molar-refractivity contribution is 5.93. The molecule has 0 spiro atoms. The van der Waals surface area contributed by atoms with Crippen molar-refractivity contribution in [2.24, 2.45) is 0 Å². The van der Waals surface area contributed by atoms with E-state index in [0.29, 0.717) is 12.2 Å². The minimum absolute atomic E-state index is 0.187. The number of hydrogen-bond donors (Lipinski definition) is 3. The Balaban J connectivity index is 0.000000345. The van der Waals surface area contributed by atoms with E-state index in [2.05, 4.69) is 20.5 Å². The Morgan fingerprint density at radius 1 is 1.11 bits per heavy atom. The minimum atomic E-state index is -5.08. The van der Waals surface area contributed by atoms with Gasteiger partial charge in [0.2, 0.25) is 0 Å². The van der Waals surface area contributed by atoms with Gasteiger partial charge in [0.1, 0.15) is 5.69 Å². The summed E-state index contributed by atoms with van der Waals surface area (Å²) < 4.78 is 31.7. The van der Waals surface area contributed by atoms with E-state index >= 15 is 0 Å². The van der Waals surface area contributed by atoms with Crippen molar-refractivity contribution in [1.29, 1.82) is 0 Å². The van der Waals surface area contributed by atoms with Gasteiger partial charge in [0.25, 0.3) is 5.91 Å². The molecule has 146 valence electrons. The number of nitrogens with zero attached hydrogens (tertiary/aromatic N) is 2. The summed E-state index contributed by atoms with van der Waals surface area (Å²) in [4.78, 5) is 25.0. The molecule has 0 saturated heterocycles. The highest BCUT2D eigenvalue weighted by atomic mass is 19.4. The predicted molar refractivity (Wildman–Crippen MR) is 93.1 cm³/mol. The SMILES string of the molecule is O=C(NCc1cccnc1)c1cc(-c2ccccc2)n[nH]1.O=C(O)C(F)(F)F. The van der Waals surface area contributed by atoms with Crippen LogP contribution in [0.3, 0.4) is 0 Å². The number of nitrogens with one attached hydrogen (secondary N) is 2. The van der Waals surface area contributed by atoms with Crippen molar-refractivity contribution in [3.63, 3.8) is 0 Å². The van der Waals surface area contributed by atoms with Gasteiger partial charge in [0.15, 0.2) is 0 Å². The lowest BCUT2D eigenvalue weighted by Gasteiger charge is -2.02. The average Bonchev–Trinajstić information content (AvgIpc) is 3.18. The van der Waals surface area contributed by atoms with Crippen LogP contribution in [0.15, 0.2) is 60.9 Å². The third-order valence-corrected chi connectivity index (χ3v) is 3.31. The number of benzene rings is 1. The lowest BCUT2D eigenvalue weighted by atomic mass is 10.1. The molecule has 0 aliphatic rings. The number of rotatable bonds is 4. The van der Waals surface area contributed by atoms with Crippen molar-refractivity contribution in [3.05, 3.63) is 72.2 Å². The van der Waals surface area contributed by atoms with Crippen LogP contribution in [-0.2, 0) is 11.3 Å². The molecule has 1 amide bonds. The molecule has 0 bridgehead atoms. The van der Waals surface area contributed by atoms with Gasteiger partial charge in [-0.3, -0.25) is 14.9 Å². The zero-order valence-electron chi connectivity index (χ0n) is 14.3. The quantitative estimate of drug-likeness (QED) is 0.633. The predicted octanol–water partition coefficient (Wildman–Crippen LogP) is 3.04. The summed E-state index contributed by atoms with van der Waals surface area (Å²) in [6.07, 6.45) is -1.66. The summed E-state index contributed by atoms with van der Waals surface area (Å²) >= 11 is 0. The fourth-order valence-corrected chi connectivity index (χ4v) is 1.98.